The number of rotatable bonds is 7. The monoisotopic (exact) mass is 441 g/mol. The summed E-state index contributed by atoms with van der Waals surface area (Å²) < 4.78 is 5.92. The quantitative estimate of drug-likeness (QED) is 0.0967. The van der Waals surface area contributed by atoms with Crippen LogP contribution in [0.4, 0.5) is 10.5 Å². The van der Waals surface area contributed by atoms with Gasteiger partial charge in [0, 0.05) is 34.0 Å². The van der Waals surface area contributed by atoms with Crippen LogP contribution in [0.25, 0.3) is 0 Å². The molecule has 28 heavy (non-hydrogen) atoms. The molecule has 0 unspecified atom stereocenters. The Balaban J connectivity index is 2.41. The average Bonchev–Trinajstić information content (AvgIpc) is 2.62. The van der Waals surface area contributed by atoms with Crippen LogP contribution < -0.4 is 16.3 Å². The minimum atomic E-state index is -0.709. The first-order valence-corrected chi connectivity index (χ1v) is 9.44. The van der Waals surface area contributed by atoms with Gasteiger partial charge in [-0.2, -0.15) is 0 Å². The van der Waals surface area contributed by atoms with Crippen molar-refractivity contribution in [2.45, 2.75) is 12.3 Å². The Kier molecular flexibility index (Phi) is 7.52. The number of amidine groups is 1. The first kappa shape index (κ1) is 21.8. The molecule has 0 fully saturated rings. The van der Waals surface area contributed by atoms with E-state index in [0.717, 1.165) is 16.8 Å². The van der Waals surface area contributed by atoms with E-state index < -0.39 is 10.2 Å². The topological polar surface area (TPSA) is 149 Å². The van der Waals surface area contributed by atoms with Crippen LogP contribution >= 0.6 is 36.0 Å². The van der Waals surface area contributed by atoms with Gasteiger partial charge in [-0.15, -0.1) is 0 Å². The lowest BCUT2D eigenvalue weighted by Crippen LogP contribution is -2.32. The molecule has 0 saturated carbocycles. The number of carbonyl (C=O) groups is 1. The van der Waals surface area contributed by atoms with E-state index in [9.17, 15) is 14.9 Å². The summed E-state index contributed by atoms with van der Waals surface area (Å²) in [5.74, 6) is 6.60. The highest BCUT2D eigenvalue weighted by molar-refractivity contribution is 8.13. The van der Waals surface area contributed by atoms with Crippen LogP contribution in [-0.4, -0.2) is 20.3 Å². The molecule has 2 aromatic rings. The van der Waals surface area contributed by atoms with Crippen molar-refractivity contribution in [2.24, 2.45) is 11.6 Å². The molecule has 2 aromatic carbocycles. The van der Waals surface area contributed by atoms with Gasteiger partial charge in [-0.1, -0.05) is 42.1 Å². The van der Waals surface area contributed by atoms with E-state index in [2.05, 4.69) is 12.6 Å². The smallest absolute Gasteiger partial charge is 0.292 e. The van der Waals surface area contributed by atoms with Crippen molar-refractivity contribution in [3.63, 3.8) is 0 Å². The SMILES string of the molecule is N=C(N)SCc1ccc(Cl)cc1Oc1ccc([N+](=O)[O-])cc1CN(N)C(=O)S. The number of nitrogens with zero attached hydrogens (tertiary/aromatic N) is 2. The third-order valence-electron chi connectivity index (χ3n) is 3.47. The molecule has 0 spiro atoms. The molecule has 0 aliphatic carbocycles. The van der Waals surface area contributed by atoms with Gasteiger partial charge in [-0.05, 0) is 18.2 Å². The second kappa shape index (κ2) is 9.64. The van der Waals surface area contributed by atoms with Gasteiger partial charge >= 0.3 is 0 Å². The molecule has 0 saturated heterocycles. The Morgan fingerprint density at radius 3 is 2.61 bits per heavy atom. The summed E-state index contributed by atoms with van der Waals surface area (Å²) in [6.07, 6.45) is 0. The maximum absolute atomic E-state index is 11.3. The van der Waals surface area contributed by atoms with Crippen LogP contribution in [0.15, 0.2) is 36.4 Å². The fourth-order valence-corrected chi connectivity index (χ4v) is 2.95. The van der Waals surface area contributed by atoms with Crippen molar-refractivity contribution in [2.75, 3.05) is 0 Å². The molecule has 2 rings (SSSR count). The summed E-state index contributed by atoms with van der Waals surface area (Å²) in [6.45, 7) is -0.155. The number of nitrogens with two attached hydrogens (primary N) is 2. The molecular weight excluding hydrogens is 426 g/mol. The molecule has 12 heteroatoms. The number of nitro benzene ring substituents is 1. The number of nitrogens with one attached hydrogen (secondary N) is 1. The first-order valence-electron chi connectivity index (χ1n) is 7.63. The number of hydrogen-bond donors (Lipinski definition) is 4. The summed E-state index contributed by atoms with van der Waals surface area (Å²) in [4.78, 5) is 21.8. The largest absolute Gasteiger partial charge is 0.457 e. The van der Waals surface area contributed by atoms with E-state index in [-0.39, 0.29) is 23.1 Å². The molecule has 0 radical (unpaired) electrons. The highest BCUT2D eigenvalue weighted by Gasteiger charge is 2.17. The number of hydrogen-bond acceptors (Lipinski definition) is 7. The van der Waals surface area contributed by atoms with E-state index in [1.165, 1.54) is 18.2 Å². The zero-order valence-corrected chi connectivity index (χ0v) is 16.8. The van der Waals surface area contributed by atoms with Gasteiger partial charge in [0.2, 0.25) is 0 Å². The summed E-state index contributed by atoms with van der Waals surface area (Å²) >= 11 is 10.8. The molecule has 0 aliphatic heterocycles. The number of nitro groups is 1. The van der Waals surface area contributed by atoms with Crippen LogP contribution in [0.1, 0.15) is 11.1 Å². The molecular formula is C16H16ClN5O4S2. The molecule has 0 aliphatic rings. The van der Waals surface area contributed by atoms with E-state index in [1.807, 2.05) is 0 Å². The lowest BCUT2D eigenvalue weighted by Gasteiger charge is -2.18. The summed E-state index contributed by atoms with van der Waals surface area (Å²) in [5.41, 5.74) is 6.22. The first-order chi connectivity index (χ1) is 13.2. The number of non-ortho nitro benzene ring substituents is 1. The Hall–Kier alpha value is -2.47. The number of thiol groups is 1. The molecule has 9 nitrogen and oxygen atoms in total. The third kappa shape index (κ3) is 6.02. The van der Waals surface area contributed by atoms with Crippen molar-refractivity contribution in [3.05, 3.63) is 62.7 Å². The highest BCUT2D eigenvalue weighted by Crippen LogP contribution is 2.34. The molecule has 148 valence electrons. The highest BCUT2D eigenvalue weighted by atomic mass is 35.5. The van der Waals surface area contributed by atoms with Gasteiger partial charge in [0.05, 0.1) is 11.5 Å². The van der Waals surface area contributed by atoms with Crippen molar-refractivity contribution in [3.8, 4) is 11.5 Å². The summed E-state index contributed by atoms with van der Waals surface area (Å²) in [5, 5.41) is 18.9. The van der Waals surface area contributed by atoms with Gasteiger partial charge < -0.3 is 10.5 Å². The fourth-order valence-electron chi connectivity index (χ4n) is 2.17. The third-order valence-corrected chi connectivity index (χ3v) is 4.73. The van der Waals surface area contributed by atoms with E-state index in [4.69, 9.17) is 33.3 Å². The van der Waals surface area contributed by atoms with Crippen LogP contribution in [0.5, 0.6) is 11.5 Å². The summed E-state index contributed by atoms with van der Waals surface area (Å²) in [6, 6.07) is 8.92. The number of amides is 1. The van der Waals surface area contributed by atoms with Crippen molar-refractivity contribution in [1.29, 1.82) is 5.41 Å². The van der Waals surface area contributed by atoms with Crippen LogP contribution in [0.2, 0.25) is 5.02 Å². The molecule has 0 atom stereocenters. The number of ether oxygens (including phenoxy) is 1. The van der Waals surface area contributed by atoms with Crippen molar-refractivity contribution in [1.82, 2.24) is 5.01 Å². The maximum atomic E-state index is 11.3. The van der Waals surface area contributed by atoms with Crippen molar-refractivity contribution < 1.29 is 14.5 Å². The molecule has 0 heterocycles. The lowest BCUT2D eigenvalue weighted by molar-refractivity contribution is -0.384. The number of hydrazine groups is 1. The van der Waals surface area contributed by atoms with Gasteiger partial charge in [0.15, 0.2) is 5.17 Å². The number of halogens is 1. The van der Waals surface area contributed by atoms with Gasteiger partial charge in [-0.25, -0.2) is 5.84 Å². The Morgan fingerprint density at radius 1 is 1.29 bits per heavy atom. The van der Waals surface area contributed by atoms with Crippen molar-refractivity contribution >= 4 is 52.1 Å². The van der Waals surface area contributed by atoms with Gasteiger partial charge in [0.1, 0.15) is 11.5 Å². The van der Waals surface area contributed by atoms with Crippen LogP contribution in [0, 0.1) is 15.5 Å². The zero-order valence-electron chi connectivity index (χ0n) is 14.3. The van der Waals surface area contributed by atoms with E-state index in [0.29, 0.717) is 27.7 Å². The second-order valence-electron chi connectivity index (χ2n) is 5.47. The number of benzene rings is 2. The predicted octanol–water partition coefficient (Wildman–Crippen LogP) is 3.89. The fraction of sp³-hybridized carbons (Fsp3) is 0.125. The molecule has 1 amide bonds. The molecule has 0 bridgehead atoms. The Morgan fingerprint density at radius 2 is 2.00 bits per heavy atom. The minimum Gasteiger partial charge on any atom is -0.457 e. The Bertz CT molecular complexity index is 928. The number of thioether (sulfide) groups is 1. The van der Waals surface area contributed by atoms with E-state index >= 15 is 0 Å². The molecule has 0 aromatic heterocycles. The number of carbonyl (C=O) groups excluding carboxylic acids is 1. The lowest BCUT2D eigenvalue weighted by atomic mass is 10.1. The van der Waals surface area contributed by atoms with Crippen LogP contribution in [0.3, 0.4) is 0 Å². The maximum Gasteiger partial charge on any atom is 0.292 e. The van der Waals surface area contributed by atoms with Gasteiger partial charge in [0.25, 0.3) is 10.9 Å². The average molecular weight is 442 g/mol. The zero-order chi connectivity index (χ0) is 20.8. The minimum absolute atomic E-state index is 0.0528. The summed E-state index contributed by atoms with van der Waals surface area (Å²) in [7, 11) is 0. The van der Waals surface area contributed by atoms with E-state index in [1.54, 1.807) is 18.2 Å². The standard InChI is InChI=1S/C16H16ClN5O4S2/c17-11-2-1-9(8-28-15(18)19)14(6-11)26-13-4-3-12(22(24)25)5-10(13)7-21(20)16(23)27/h1-6H,7-8,20H2,(H3,18,19)(H,23,27). The second-order valence-corrected chi connectivity index (χ2v) is 7.30. The Labute approximate surface area is 175 Å². The van der Waals surface area contributed by atoms with Crippen LogP contribution in [-0.2, 0) is 12.3 Å². The normalized spacial score (nSPS) is 10.4. The molecule has 5 N–H and O–H groups in total. The van der Waals surface area contributed by atoms with Gasteiger partial charge in [-0.3, -0.25) is 25.3 Å². The predicted molar refractivity (Wildman–Crippen MR) is 112 cm³/mol.